The minimum atomic E-state index is -3.64. The Bertz CT molecular complexity index is 592. The van der Waals surface area contributed by atoms with Crippen molar-refractivity contribution in [3.05, 3.63) is 29.8 Å². The number of hydrogen-bond donors (Lipinski definition) is 1. The Morgan fingerprint density at radius 3 is 2.38 bits per heavy atom. The average molecular weight is 315 g/mol. The summed E-state index contributed by atoms with van der Waals surface area (Å²) >= 11 is 0. The number of hydrogen-bond acceptors (Lipinski definition) is 3. The molecule has 0 unspecified atom stereocenters. The summed E-state index contributed by atoms with van der Waals surface area (Å²) in [6.07, 6.45) is -0.558. The molecule has 0 spiro atoms. The third kappa shape index (κ3) is 3.44. The van der Waals surface area contributed by atoms with Crippen LogP contribution in [0.1, 0.15) is 25.8 Å². The first-order chi connectivity index (χ1) is 9.62. The van der Waals surface area contributed by atoms with Crippen molar-refractivity contribution in [1.82, 2.24) is 4.31 Å². The summed E-state index contributed by atoms with van der Waals surface area (Å²) in [6, 6.07) is 6.60. The first-order valence-electron chi connectivity index (χ1n) is 7.06. The lowest BCUT2D eigenvalue weighted by Gasteiger charge is -2.39. The highest BCUT2D eigenvalue weighted by Gasteiger charge is 2.42. The Morgan fingerprint density at radius 1 is 1.29 bits per heavy atom. The van der Waals surface area contributed by atoms with Gasteiger partial charge in [0.2, 0.25) is 10.0 Å². The SMILES string of the molecule is Cc1ccc(S(=O)(=O)N2CC[C@H](O)[C@H](C(C)(C)F)C2)cc1. The van der Waals surface area contributed by atoms with Gasteiger partial charge >= 0.3 is 0 Å². The maximum absolute atomic E-state index is 14.2. The van der Waals surface area contributed by atoms with Crippen LogP contribution in [-0.4, -0.2) is 42.7 Å². The van der Waals surface area contributed by atoms with E-state index >= 15 is 0 Å². The summed E-state index contributed by atoms with van der Waals surface area (Å²) in [6.45, 7) is 4.85. The zero-order valence-electron chi connectivity index (χ0n) is 12.6. The quantitative estimate of drug-likeness (QED) is 0.929. The van der Waals surface area contributed by atoms with Crippen LogP contribution in [0.15, 0.2) is 29.2 Å². The van der Waals surface area contributed by atoms with Crippen molar-refractivity contribution >= 4 is 10.0 Å². The molecule has 2 rings (SSSR count). The molecule has 6 heteroatoms. The van der Waals surface area contributed by atoms with Gasteiger partial charge in [0.05, 0.1) is 11.0 Å². The van der Waals surface area contributed by atoms with Crippen LogP contribution in [0.4, 0.5) is 4.39 Å². The molecule has 1 aromatic rings. The average Bonchev–Trinajstić information content (AvgIpc) is 2.38. The summed E-state index contributed by atoms with van der Waals surface area (Å²) in [5.74, 6) is -0.716. The minimum absolute atomic E-state index is 0.000869. The summed E-state index contributed by atoms with van der Waals surface area (Å²) in [5.41, 5.74) is -0.647. The molecule has 4 nitrogen and oxygen atoms in total. The fourth-order valence-electron chi connectivity index (χ4n) is 2.66. The molecule has 0 radical (unpaired) electrons. The van der Waals surface area contributed by atoms with Gasteiger partial charge in [0.25, 0.3) is 0 Å². The molecule has 0 aromatic heterocycles. The van der Waals surface area contributed by atoms with E-state index in [9.17, 15) is 17.9 Å². The molecule has 118 valence electrons. The molecule has 0 bridgehead atoms. The van der Waals surface area contributed by atoms with Crippen LogP contribution >= 0.6 is 0 Å². The van der Waals surface area contributed by atoms with E-state index in [0.717, 1.165) is 5.56 Å². The summed E-state index contributed by atoms with van der Waals surface area (Å²) in [5, 5.41) is 9.93. The molecular formula is C15H22FNO3S. The number of alkyl halides is 1. The molecule has 2 atom stereocenters. The van der Waals surface area contributed by atoms with Crippen molar-refractivity contribution in [2.24, 2.45) is 5.92 Å². The van der Waals surface area contributed by atoms with Crippen LogP contribution in [-0.2, 0) is 10.0 Å². The van der Waals surface area contributed by atoms with Crippen LogP contribution < -0.4 is 0 Å². The molecule has 0 amide bonds. The van der Waals surface area contributed by atoms with Gasteiger partial charge in [-0.2, -0.15) is 4.31 Å². The van der Waals surface area contributed by atoms with Gasteiger partial charge in [0.1, 0.15) is 5.67 Å². The molecule has 1 aliphatic rings. The number of benzene rings is 1. The first kappa shape index (κ1) is 16.4. The molecule has 1 saturated heterocycles. The van der Waals surface area contributed by atoms with E-state index in [1.165, 1.54) is 18.2 Å². The number of halogens is 1. The predicted molar refractivity (Wildman–Crippen MR) is 79.2 cm³/mol. The van der Waals surface area contributed by atoms with Crippen LogP contribution in [0.3, 0.4) is 0 Å². The van der Waals surface area contributed by atoms with Crippen molar-refractivity contribution in [2.45, 2.75) is 43.9 Å². The van der Waals surface area contributed by atoms with Gasteiger partial charge in [-0.05, 0) is 39.3 Å². The lowest BCUT2D eigenvalue weighted by atomic mass is 9.84. The predicted octanol–water partition coefficient (Wildman–Crippen LogP) is 2.11. The zero-order chi connectivity index (χ0) is 15.8. The van der Waals surface area contributed by atoms with Gasteiger partial charge in [-0.25, -0.2) is 12.8 Å². The third-order valence-electron chi connectivity index (χ3n) is 4.08. The second-order valence-corrected chi connectivity index (χ2v) is 8.14. The Morgan fingerprint density at radius 2 is 1.86 bits per heavy atom. The highest BCUT2D eigenvalue weighted by atomic mass is 32.2. The Labute approximate surface area is 125 Å². The number of rotatable bonds is 3. The summed E-state index contributed by atoms with van der Waals surface area (Å²) in [4.78, 5) is 0.208. The molecule has 1 aliphatic heterocycles. The standard InChI is InChI=1S/C15H22FNO3S/c1-11-4-6-12(7-5-11)21(19,20)17-9-8-14(18)13(10-17)15(2,3)16/h4-7,13-14,18H,8-10H2,1-3H3/t13-,14+/m1/s1. The van der Waals surface area contributed by atoms with Gasteiger partial charge in [-0.15, -0.1) is 0 Å². The van der Waals surface area contributed by atoms with Crippen molar-refractivity contribution < 1.29 is 17.9 Å². The lowest BCUT2D eigenvalue weighted by Crippen LogP contribution is -2.51. The van der Waals surface area contributed by atoms with Crippen LogP contribution in [0.25, 0.3) is 0 Å². The van der Waals surface area contributed by atoms with E-state index in [-0.39, 0.29) is 24.4 Å². The summed E-state index contributed by atoms with van der Waals surface area (Å²) in [7, 11) is -3.64. The molecule has 0 aliphatic carbocycles. The van der Waals surface area contributed by atoms with Crippen molar-refractivity contribution in [3.8, 4) is 0 Å². The number of aliphatic hydroxyl groups excluding tert-OH is 1. The fraction of sp³-hybridized carbons (Fsp3) is 0.600. The normalized spacial score (nSPS) is 25.0. The van der Waals surface area contributed by atoms with Crippen molar-refractivity contribution in [2.75, 3.05) is 13.1 Å². The highest BCUT2D eigenvalue weighted by Crippen LogP contribution is 2.32. The Kier molecular flexibility index (Phi) is 4.42. The van der Waals surface area contributed by atoms with E-state index < -0.39 is 27.7 Å². The van der Waals surface area contributed by atoms with Gasteiger partial charge in [-0.1, -0.05) is 17.7 Å². The smallest absolute Gasteiger partial charge is 0.243 e. The fourth-order valence-corrected chi connectivity index (χ4v) is 4.14. The van der Waals surface area contributed by atoms with Crippen LogP contribution in [0, 0.1) is 12.8 Å². The van der Waals surface area contributed by atoms with Crippen molar-refractivity contribution in [1.29, 1.82) is 0 Å². The zero-order valence-corrected chi connectivity index (χ0v) is 13.4. The molecule has 1 N–H and O–H groups in total. The van der Waals surface area contributed by atoms with Crippen molar-refractivity contribution in [3.63, 3.8) is 0 Å². The third-order valence-corrected chi connectivity index (χ3v) is 5.96. The van der Waals surface area contributed by atoms with E-state index in [4.69, 9.17) is 0 Å². The second-order valence-electron chi connectivity index (χ2n) is 6.20. The van der Waals surface area contributed by atoms with Gasteiger partial charge in [0, 0.05) is 19.0 Å². The highest BCUT2D eigenvalue weighted by molar-refractivity contribution is 7.89. The molecular weight excluding hydrogens is 293 g/mol. The molecule has 1 fully saturated rings. The number of piperidine rings is 1. The van der Waals surface area contributed by atoms with Gasteiger partial charge in [-0.3, -0.25) is 0 Å². The Balaban J connectivity index is 2.27. The van der Waals surface area contributed by atoms with E-state index in [1.54, 1.807) is 24.3 Å². The monoisotopic (exact) mass is 315 g/mol. The maximum Gasteiger partial charge on any atom is 0.243 e. The molecule has 0 saturated carbocycles. The maximum atomic E-state index is 14.2. The van der Waals surface area contributed by atoms with Gasteiger partial charge in [0.15, 0.2) is 0 Å². The number of nitrogens with zero attached hydrogens (tertiary/aromatic N) is 1. The van der Waals surface area contributed by atoms with E-state index in [0.29, 0.717) is 0 Å². The number of aryl methyl sites for hydroxylation is 1. The molecule has 1 aromatic carbocycles. The Hall–Kier alpha value is -0.980. The summed E-state index contributed by atoms with van der Waals surface area (Å²) < 4.78 is 40.6. The van der Waals surface area contributed by atoms with Crippen LogP contribution in [0.2, 0.25) is 0 Å². The topological polar surface area (TPSA) is 57.6 Å². The largest absolute Gasteiger partial charge is 0.393 e. The second kappa shape index (κ2) is 5.66. The molecule has 1 heterocycles. The number of aliphatic hydroxyl groups is 1. The van der Waals surface area contributed by atoms with Gasteiger partial charge < -0.3 is 5.11 Å². The van der Waals surface area contributed by atoms with E-state index in [1.807, 2.05) is 6.92 Å². The minimum Gasteiger partial charge on any atom is -0.393 e. The molecule has 21 heavy (non-hydrogen) atoms. The van der Waals surface area contributed by atoms with E-state index in [2.05, 4.69) is 0 Å². The number of sulfonamides is 1. The van der Waals surface area contributed by atoms with Crippen LogP contribution in [0.5, 0.6) is 0 Å². The lowest BCUT2D eigenvalue weighted by molar-refractivity contribution is -0.0255. The first-order valence-corrected chi connectivity index (χ1v) is 8.50.